The van der Waals surface area contributed by atoms with E-state index >= 15 is 0 Å². The summed E-state index contributed by atoms with van der Waals surface area (Å²) in [6, 6.07) is 12.1. The Balaban J connectivity index is 1.44. The lowest BCUT2D eigenvalue weighted by Gasteiger charge is -2.44. The number of thioether (sulfide) groups is 1. The molecule has 4 rings (SSSR count). The molecule has 2 aliphatic rings. The molecule has 39 heavy (non-hydrogen) atoms. The first-order chi connectivity index (χ1) is 18.7. The zero-order chi connectivity index (χ0) is 28.0. The average molecular weight is 561 g/mol. The Kier molecular flexibility index (Phi) is 9.64. The number of benzene rings is 2. The second kappa shape index (κ2) is 12.9. The SMILES string of the molecule is CCCCOc1ccc(C(C)NC(=O)CN2C(=O)/C(=C/c3ccc(C(F)(F)F)cc3)SC3CCCCC32)cc1. The lowest BCUT2D eigenvalue weighted by molar-refractivity contribution is -0.137. The summed E-state index contributed by atoms with van der Waals surface area (Å²) in [5, 5.41) is 3.16. The highest BCUT2D eigenvalue weighted by atomic mass is 32.2. The van der Waals surface area contributed by atoms with Crippen LogP contribution in [0.2, 0.25) is 0 Å². The summed E-state index contributed by atoms with van der Waals surface area (Å²) in [4.78, 5) is 28.7. The number of carbonyl (C=O) groups is 2. The second-order valence-electron chi connectivity index (χ2n) is 10.1. The number of ether oxygens (including phenoxy) is 1. The highest BCUT2D eigenvalue weighted by Gasteiger charge is 2.41. The maximum atomic E-state index is 13.5. The average Bonchev–Trinajstić information content (AvgIpc) is 2.91. The Morgan fingerprint density at radius 2 is 1.82 bits per heavy atom. The van der Waals surface area contributed by atoms with E-state index in [4.69, 9.17) is 4.74 Å². The number of unbranched alkanes of at least 4 members (excludes halogenated alkanes) is 1. The maximum Gasteiger partial charge on any atom is 0.416 e. The van der Waals surface area contributed by atoms with Gasteiger partial charge in [0, 0.05) is 11.3 Å². The van der Waals surface area contributed by atoms with Gasteiger partial charge in [0.1, 0.15) is 12.3 Å². The number of nitrogens with zero attached hydrogens (tertiary/aromatic N) is 1. The van der Waals surface area contributed by atoms with Crippen molar-refractivity contribution in [3.63, 3.8) is 0 Å². The number of nitrogens with one attached hydrogen (secondary N) is 1. The minimum Gasteiger partial charge on any atom is -0.494 e. The van der Waals surface area contributed by atoms with Crippen molar-refractivity contribution in [3.8, 4) is 5.75 Å². The molecular weight excluding hydrogens is 525 g/mol. The second-order valence-corrected chi connectivity index (χ2v) is 11.4. The Bertz CT molecular complexity index is 1170. The molecule has 1 N–H and O–H groups in total. The zero-order valence-electron chi connectivity index (χ0n) is 22.3. The predicted molar refractivity (Wildman–Crippen MR) is 148 cm³/mol. The first kappa shape index (κ1) is 29.1. The lowest BCUT2D eigenvalue weighted by atomic mass is 9.93. The molecule has 0 radical (unpaired) electrons. The Labute approximate surface area is 232 Å². The van der Waals surface area contributed by atoms with Crippen molar-refractivity contribution in [3.05, 3.63) is 70.1 Å². The third kappa shape index (κ3) is 7.59. The maximum absolute atomic E-state index is 13.5. The van der Waals surface area contributed by atoms with E-state index in [9.17, 15) is 22.8 Å². The molecular formula is C30H35F3N2O3S. The van der Waals surface area contributed by atoms with Crippen molar-refractivity contribution < 1.29 is 27.5 Å². The number of hydrogen-bond donors (Lipinski definition) is 1. The van der Waals surface area contributed by atoms with E-state index in [0.717, 1.165) is 62.0 Å². The van der Waals surface area contributed by atoms with Crippen LogP contribution in [0, 0.1) is 0 Å². The topological polar surface area (TPSA) is 58.6 Å². The molecule has 1 aliphatic carbocycles. The smallest absolute Gasteiger partial charge is 0.416 e. The van der Waals surface area contributed by atoms with Crippen molar-refractivity contribution in [2.24, 2.45) is 0 Å². The fourth-order valence-electron chi connectivity index (χ4n) is 4.99. The van der Waals surface area contributed by atoms with Crippen molar-refractivity contribution in [2.45, 2.75) is 75.9 Å². The van der Waals surface area contributed by atoms with E-state index in [2.05, 4.69) is 12.2 Å². The molecule has 1 aliphatic heterocycles. The Morgan fingerprint density at radius 3 is 2.49 bits per heavy atom. The molecule has 210 valence electrons. The van der Waals surface area contributed by atoms with Crippen LogP contribution in [-0.2, 0) is 15.8 Å². The van der Waals surface area contributed by atoms with Crippen LogP contribution < -0.4 is 10.1 Å². The number of hydrogen-bond acceptors (Lipinski definition) is 4. The van der Waals surface area contributed by atoms with Gasteiger partial charge in [0.2, 0.25) is 5.91 Å². The number of rotatable bonds is 9. The van der Waals surface area contributed by atoms with Crippen LogP contribution in [0.4, 0.5) is 13.2 Å². The molecule has 3 unspecified atom stereocenters. The highest BCUT2D eigenvalue weighted by Crippen LogP contribution is 2.42. The number of alkyl halides is 3. The molecule has 9 heteroatoms. The molecule has 2 aromatic carbocycles. The van der Waals surface area contributed by atoms with E-state index in [-0.39, 0.29) is 35.7 Å². The molecule has 2 aromatic rings. The summed E-state index contributed by atoms with van der Waals surface area (Å²) in [7, 11) is 0. The van der Waals surface area contributed by atoms with Crippen LogP contribution in [0.5, 0.6) is 5.75 Å². The van der Waals surface area contributed by atoms with Crippen LogP contribution in [0.25, 0.3) is 6.08 Å². The molecule has 2 fully saturated rings. The number of amides is 2. The van der Waals surface area contributed by atoms with Gasteiger partial charge in [-0.15, -0.1) is 11.8 Å². The zero-order valence-corrected chi connectivity index (χ0v) is 23.1. The lowest BCUT2D eigenvalue weighted by Crippen LogP contribution is -2.54. The van der Waals surface area contributed by atoms with Crippen LogP contribution in [0.1, 0.15) is 75.1 Å². The Morgan fingerprint density at radius 1 is 1.13 bits per heavy atom. The van der Waals surface area contributed by atoms with Crippen molar-refractivity contribution in [1.29, 1.82) is 0 Å². The largest absolute Gasteiger partial charge is 0.494 e. The molecule has 0 bridgehead atoms. The van der Waals surface area contributed by atoms with Gasteiger partial charge in [0.25, 0.3) is 5.91 Å². The van der Waals surface area contributed by atoms with Gasteiger partial charge >= 0.3 is 6.18 Å². The molecule has 1 saturated carbocycles. The van der Waals surface area contributed by atoms with Gasteiger partial charge in [-0.2, -0.15) is 13.2 Å². The van der Waals surface area contributed by atoms with Crippen LogP contribution in [-0.4, -0.2) is 41.2 Å². The van der Waals surface area contributed by atoms with Gasteiger partial charge in [-0.25, -0.2) is 0 Å². The third-order valence-electron chi connectivity index (χ3n) is 7.19. The van der Waals surface area contributed by atoms with Crippen molar-refractivity contribution in [1.82, 2.24) is 10.2 Å². The first-order valence-electron chi connectivity index (χ1n) is 13.5. The van der Waals surface area contributed by atoms with Crippen LogP contribution >= 0.6 is 11.8 Å². The highest BCUT2D eigenvalue weighted by molar-refractivity contribution is 8.04. The Hall–Kier alpha value is -2.94. The van der Waals surface area contributed by atoms with E-state index < -0.39 is 11.7 Å². The molecule has 5 nitrogen and oxygen atoms in total. The third-order valence-corrected chi connectivity index (χ3v) is 8.59. The van der Waals surface area contributed by atoms with Crippen LogP contribution in [0.3, 0.4) is 0 Å². The van der Waals surface area contributed by atoms with E-state index in [1.54, 1.807) is 11.0 Å². The molecule has 1 heterocycles. The summed E-state index contributed by atoms with van der Waals surface area (Å²) in [6.07, 6.45) is 3.07. The minimum absolute atomic E-state index is 0.0402. The monoisotopic (exact) mass is 560 g/mol. The molecule has 2 amide bonds. The standard InChI is InChI=1S/C30H35F3N2O3S/c1-3-4-17-38-24-15-11-22(12-16-24)20(2)34-28(36)19-35-25-7-5-6-8-26(25)39-27(29(35)37)18-21-9-13-23(14-10-21)30(31,32)33/h9-16,18,20,25-26H,3-8,17,19H2,1-2H3,(H,34,36)/b27-18-. The van der Waals surface area contributed by atoms with Gasteiger partial charge in [-0.3, -0.25) is 9.59 Å². The van der Waals surface area contributed by atoms with Gasteiger partial charge in [0.05, 0.1) is 23.1 Å². The van der Waals surface area contributed by atoms with Crippen molar-refractivity contribution in [2.75, 3.05) is 13.2 Å². The van der Waals surface area contributed by atoms with E-state index in [1.807, 2.05) is 31.2 Å². The van der Waals surface area contributed by atoms with E-state index in [0.29, 0.717) is 17.1 Å². The summed E-state index contributed by atoms with van der Waals surface area (Å²) in [6.45, 7) is 4.62. The van der Waals surface area contributed by atoms with Gasteiger partial charge in [-0.05, 0) is 67.7 Å². The first-order valence-corrected chi connectivity index (χ1v) is 14.4. The molecule has 0 aromatic heterocycles. The fraction of sp³-hybridized carbons (Fsp3) is 0.467. The molecule has 3 atom stereocenters. The van der Waals surface area contributed by atoms with E-state index in [1.165, 1.54) is 23.9 Å². The van der Waals surface area contributed by atoms with Gasteiger partial charge in [0.15, 0.2) is 0 Å². The van der Waals surface area contributed by atoms with Gasteiger partial charge < -0.3 is 15.0 Å². The van der Waals surface area contributed by atoms with Crippen molar-refractivity contribution >= 4 is 29.7 Å². The quantitative estimate of drug-likeness (QED) is 0.265. The summed E-state index contributed by atoms with van der Waals surface area (Å²) >= 11 is 1.48. The summed E-state index contributed by atoms with van der Waals surface area (Å²) in [5.41, 5.74) is 0.726. The summed E-state index contributed by atoms with van der Waals surface area (Å²) < 4.78 is 44.6. The molecule has 0 spiro atoms. The number of fused-ring (bicyclic) bond motifs is 1. The fourth-order valence-corrected chi connectivity index (χ4v) is 6.47. The number of carbonyl (C=O) groups excluding carboxylic acids is 2. The summed E-state index contributed by atoms with van der Waals surface area (Å²) in [5.74, 6) is 0.293. The normalized spacial score (nSPS) is 21.4. The predicted octanol–water partition coefficient (Wildman–Crippen LogP) is 6.99. The minimum atomic E-state index is -4.41. The van der Waals surface area contributed by atoms with Crippen LogP contribution in [0.15, 0.2) is 53.4 Å². The van der Waals surface area contributed by atoms with Gasteiger partial charge in [-0.1, -0.05) is 50.5 Å². The number of halogens is 3. The molecule has 1 saturated heterocycles.